The van der Waals surface area contributed by atoms with Crippen molar-refractivity contribution in [1.82, 2.24) is 4.98 Å². The van der Waals surface area contributed by atoms with Gasteiger partial charge >= 0.3 is 6.61 Å². The van der Waals surface area contributed by atoms with E-state index in [1.165, 1.54) is 12.1 Å². The van der Waals surface area contributed by atoms with Crippen LogP contribution in [-0.2, 0) is 0 Å². The molecule has 0 bridgehead atoms. The number of rotatable bonds is 5. The van der Waals surface area contributed by atoms with E-state index in [-0.39, 0.29) is 23.8 Å². The van der Waals surface area contributed by atoms with Gasteiger partial charge in [-0.05, 0) is 35.7 Å². The largest absolute Gasteiger partial charge is 0.435 e. The minimum atomic E-state index is -2.83. The fraction of sp³-hybridized carbons (Fsp3) is 0.353. The van der Waals surface area contributed by atoms with Crippen molar-refractivity contribution in [2.45, 2.75) is 32.0 Å². The van der Waals surface area contributed by atoms with Gasteiger partial charge in [0.15, 0.2) is 0 Å². The lowest BCUT2D eigenvalue weighted by Gasteiger charge is -2.21. The van der Waals surface area contributed by atoms with Crippen LogP contribution in [-0.4, -0.2) is 11.6 Å². The van der Waals surface area contributed by atoms with Gasteiger partial charge in [0.1, 0.15) is 23.0 Å². The van der Waals surface area contributed by atoms with Crippen LogP contribution in [0.2, 0.25) is 5.15 Å². The predicted octanol–water partition coefficient (Wildman–Crippen LogP) is 5.61. The van der Waals surface area contributed by atoms with Crippen molar-refractivity contribution in [3.8, 4) is 5.75 Å². The molecule has 7 heteroatoms. The summed E-state index contributed by atoms with van der Waals surface area (Å²) in [5.74, 6) is 0.310. The molecule has 2 aromatic rings. The van der Waals surface area contributed by atoms with Crippen LogP contribution < -0.4 is 4.74 Å². The molecule has 2 heterocycles. The summed E-state index contributed by atoms with van der Waals surface area (Å²) in [6, 6.07) is 10.0. The first-order valence-corrected chi connectivity index (χ1v) is 8.02. The first-order chi connectivity index (χ1) is 11.6. The van der Waals surface area contributed by atoms with Crippen molar-refractivity contribution in [3.63, 3.8) is 0 Å². The van der Waals surface area contributed by atoms with Crippen molar-refractivity contribution in [3.05, 3.63) is 58.9 Å². The summed E-state index contributed by atoms with van der Waals surface area (Å²) in [5, 5.41) is 9.25. The first-order valence-electron chi connectivity index (χ1n) is 7.64. The molecule has 3 atom stereocenters. The van der Waals surface area contributed by atoms with Gasteiger partial charge in [-0.1, -0.05) is 36.7 Å². The lowest BCUT2D eigenvalue weighted by Crippen LogP contribution is -2.13. The SMILES string of the molecule is CCC1C(c2ccc(OC(F)F)cc2)N=NC1c1ccc(Cl)nc1. The van der Waals surface area contributed by atoms with E-state index in [2.05, 4.69) is 26.9 Å². The maximum absolute atomic E-state index is 12.2. The number of pyridine rings is 1. The molecule has 1 aromatic heterocycles. The Balaban J connectivity index is 1.79. The maximum Gasteiger partial charge on any atom is 0.387 e. The van der Waals surface area contributed by atoms with Crippen molar-refractivity contribution in [1.29, 1.82) is 0 Å². The van der Waals surface area contributed by atoms with Gasteiger partial charge < -0.3 is 4.74 Å². The summed E-state index contributed by atoms with van der Waals surface area (Å²) >= 11 is 5.83. The number of halogens is 3. The van der Waals surface area contributed by atoms with Gasteiger partial charge in [-0.25, -0.2) is 4.98 Å². The monoisotopic (exact) mass is 351 g/mol. The number of hydrogen-bond acceptors (Lipinski definition) is 4. The molecule has 1 aliphatic heterocycles. The van der Waals surface area contributed by atoms with Crippen LogP contribution in [0, 0.1) is 5.92 Å². The number of benzene rings is 1. The van der Waals surface area contributed by atoms with Gasteiger partial charge in [-0.3, -0.25) is 0 Å². The fourth-order valence-electron chi connectivity index (χ4n) is 2.97. The molecule has 126 valence electrons. The summed E-state index contributed by atoms with van der Waals surface area (Å²) in [4.78, 5) is 4.11. The summed E-state index contributed by atoms with van der Waals surface area (Å²) in [6.45, 7) is -0.745. The van der Waals surface area contributed by atoms with E-state index >= 15 is 0 Å². The number of ether oxygens (including phenoxy) is 1. The highest BCUT2D eigenvalue weighted by molar-refractivity contribution is 6.29. The Hall–Kier alpha value is -2.08. The van der Waals surface area contributed by atoms with Gasteiger partial charge in [0.2, 0.25) is 0 Å². The van der Waals surface area contributed by atoms with Crippen LogP contribution in [0.4, 0.5) is 8.78 Å². The predicted molar refractivity (Wildman–Crippen MR) is 86.4 cm³/mol. The highest BCUT2D eigenvalue weighted by atomic mass is 35.5. The second-order valence-corrected chi connectivity index (χ2v) is 5.94. The quantitative estimate of drug-likeness (QED) is 0.657. The molecule has 0 fully saturated rings. The second kappa shape index (κ2) is 7.21. The highest BCUT2D eigenvalue weighted by Gasteiger charge is 2.35. The molecule has 1 aliphatic rings. The molecule has 0 amide bonds. The van der Waals surface area contributed by atoms with Gasteiger partial charge in [-0.15, -0.1) is 0 Å². The number of azo groups is 1. The Morgan fingerprint density at radius 1 is 1.04 bits per heavy atom. The molecule has 0 saturated heterocycles. The van der Waals surface area contributed by atoms with Crippen LogP contribution >= 0.6 is 11.6 Å². The molecule has 3 rings (SSSR count). The van der Waals surface area contributed by atoms with Crippen LogP contribution in [0.5, 0.6) is 5.75 Å². The molecule has 4 nitrogen and oxygen atoms in total. The van der Waals surface area contributed by atoms with Gasteiger partial charge in [0, 0.05) is 12.1 Å². The average Bonchev–Trinajstić information content (AvgIpc) is 2.99. The standard InChI is InChI=1S/C17H16ClF2N3O/c1-2-13-15(10-3-6-12(7-4-10)24-17(19)20)22-23-16(13)11-5-8-14(18)21-9-11/h3-9,13,15-17H,2H2,1H3. The lowest BCUT2D eigenvalue weighted by molar-refractivity contribution is -0.0498. The summed E-state index contributed by atoms with van der Waals surface area (Å²) < 4.78 is 28.8. The molecular weight excluding hydrogens is 336 g/mol. The van der Waals surface area contributed by atoms with E-state index in [4.69, 9.17) is 11.6 Å². The molecule has 1 aromatic carbocycles. The van der Waals surface area contributed by atoms with Crippen molar-refractivity contribution < 1.29 is 13.5 Å². The normalized spacial score (nSPS) is 23.0. The van der Waals surface area contributed by atoms with Crippen LogP contribution in [0.1, 0.15) is 36.6 Å². The van der Waals surface area contributed by atoms with Gasteiger partial charge in [-0.2, -0.15) is 19.0 Å². The Morgan fingerprint density at radius 2 is 1.67 bits per heavy atom. The zero-order valence-electron chi connectivity index (χ0n) is 12.9. The fourth-order valence-corrected chi connectivity index (χ4v) is 3.08. The average molecular weight is 352 g/mol. The second-order valence-electron chi connectivity index (χ2n) is 5.55. The van der Waals surface area contributed by atoms with Gasteiger partial charge in [0.25, 0.3) is 0 Å². The molecule has 0 radical (unpaired) electrons. The molecule has 3 unspecified atom stereocenters. The molecule has 0 aliphatic carbocycles. The Labute approximate surface area is 143 Å². The maximum atomic E-state index is 12.2. The summed E-state index contributed by atoms with van der Waals surface area (Å²) in [6.07, 6.45) is 2.59. The Bertz CT molecular complexity index is 707. The number of hydrogen-bond donors (Lipinski definition) is 0. The van der Waals surface area contributed by atoms with E-state index in [1.807, 2.05) is 6.07 Å². The third-order valence-electron chi connectivity index (χ3n) is 4.14. The molecular formula is C17H16ClF2N3O. The van der Waals surface area contributed by atoms with Crippen molar-refractivity contribution in [2.24, 2.45) is 16.1 Å². The number of aromatic nitrogens is 1. The Morgan fingerprint density at radius 3 is 2.21 bits per heavy atom. The minimum absolute atomic E-state index is 0.0817. The van der Waals surface area contributed by atoms with Gasteiger partial charge in [0.05, 0.1) is 0 Å². The third-order valence-corrected chi connectivity index (χ3v) is 4.36. The topological polar surface area (TPSA) is 46.8 Å². The third kappa shape index (κ3) is 3.53. The van der Waals surface area contributed by atoms with E-state index in [0.29, 0.717) is 5.15 Å². The molecule has 24 heavy (non-hydrogen) atoms. The molecule has 0 saturated carbocycles. The molecule has 0 spiro atoms. The van der Waals surface area contributed by atoms with Crippen LogP contribution in [0.15, 0.2) is 52.8 Å². The zero-order chi connectivity index (χ0) is 17.1. The zero-order valence-corrected chi connectivity index (χ0v) is 13.7. The smallest absolute Gasteiger partial charge is 0.387 e. The van der Waals surface area contributed by atoms with E-state index < -0.39 is 6.61 Å². The van der Waals surface area contributed by atoms with E-state index in [1.54, 1.807) is 24.4 Å². The summed E-state index contributed by atoms with van der Waals surface area (Å²) in [7, 11) is 0. The van der Waals surface area contributed by atoms with E-state index in [9.17, 15) is 8.78 Å². The van der Waals surface area contributed by atoms with Crippen LogP contribution in [0.25, 0.3) is 0 Å². The van der Waals surface area contributed by atoms with Crippen molar-refractivity contribution in [2.75, 3.05) is 0 Å². The Kier molecular flexibility index (Phi) is 5.04. The number of nitrogens with zero attached hydrogens (tertiary/aromatic N) is 3. The van der Waals surface area contributed by atoms with Crippen molar-refractivity contribution >= 4 is 11.6 Å². The van der Waals surface area contributed by atoms with E-state index in [0.717, 1.165) is 17.5 Å². The summed E-state index contributed by atoms with van der Waals surface area (Å²) in [5.41, 5.74) is 1.90. The minimum Gasteiger partial charge on any atom is -0.435 e. The van der Waals surface area contributed by atoms with Crippen LogP contribution in [0.3, 0.4) is 0 Å². The highest BCUT2D eigenvalue weighted by Crippen LogP contribution is 2.45. The lowest BCUT2D eigenvalue weighted by atomic mass is 9.84. The number of alkyl halides is 2. The first kappa shape index (κ1) is 16.8. The molecule has 0 N–H and O–H groups in total.